The van der Waals surface area contributed by atoms with E-state index in [-0.39, 0.29) is 11.7 Å². The number of hydrogen-bond acceptors (Lipinski definition) is 3. The van der Waals surface area contributed by atoms with Gasteiger partial charge in [-0.15, -0.1) is 0 Å². The van der Waals surface area contributed by atoms with Gasteiger partial charge in [-0.2, -0.15) is 0 Å². The Morgan fingerprint density at radius 2 is 1.72 bits per heavy atom. The minimum Gasteiger partial charge on any atom is -0.355 e. The van der Waals surface area contributed by atoms with Crippen molar-refractivity contribution in [3.63, 3.8) is 0 Å². The van der Waals surface area contributed by atoms with Crippen molar-refractivity contribution >= 4 is 17.3 Å². The van der Waals surface area contributed by atoms with Gasteiger partial charge in [0.05, 0.1) is 11.3 Å². The largest absolute Gasteiger partial charge is 0.355 e. The molecule has 5 heteroatoms. The molecule has 0 aliphatic rings. The van der Waals surface area contributed by atoms with E-state index >= 15 is 0 Å². The molecule has 0 aliphatic heterocycles. The first-order valence-corrected chi connectivity index (χ1v) is 5.33. The summed E-state index contributed by atoms with van der Waals surface area (Å²) in [7, 11) is 0. The SMILES string of the molecule is NNC(=O)c1ccccc1Nc1ccc(F)cc1. The molecule has 0 atom stereocenters. The molecule has 0 bridgehead atoms. The Hall–Kier alpha value is -2.40. The van der Waals surface area contributed by atoms with Gasteiger partial charge in [-0.25, -0.2) is 10.2 Å². The highest BCUT2D eigenvalue weighted by Crippen LogP contribution is 2.20. The van der Waals surface area contributed by atoms with Crippen LogP contribution in [0.3, 0.4) is 0 Å². The highest BCUT2D eigenvalue weighted by Gasteiger charge is 2.09. The van der Waals surface area contributed by atoms with E-state index in [1.54, 1.807) is 36.4 Å². The lowest BCUT2D eigenvalue weighted by Crippen LogP contribution is -2.30. The zero-order valence-corrected chi connectivity index (χ0v) is 9.48. The number of nitrogen functional groups attached to an aromatic ring is 1. The summed E-state index contributed by atoms with van der Waals surface area (Å²) in [6.45, 7) is 0. The molecular weight excluding hydrogens is 233 g/mol. The fraction of sp³-hybridized carbons (Fsp3) is 0. The first-order chi connectivity index (χ1) is 8.70. The van der Waals surface area contributed by atoms with Crippen LogP contribution < -0.4 is 16.6 Å². The number of carbonyl (C=O) groups excluding carboxylic acids is 1. The second-order valence-electron chi connectivity index (χ2n) is 3.65. The fourth-order valence-electron chi connectivity index (χ4n) is 1.56. The second-order valence-corrected chi connectivity index (χ2v) is 3.65. The molecule has 0 radical (unpaired) electrons. The molecule has 92 valence electrons. The summed E-state index contributed by atoms with van der Waals surface area (Å²) in [6.07, 6.45) is 0. The van der Waals surface area contributed by atoms with Gasteiger partial charge >= 0.3 is 0 Å². The summed E-state index contributed by atoms with van der Waals surface area (Å²) in [6, 6.07) is 12.8. The number of hydrogen-bond donors (Lipinski definition) is 3. The Morgan fingerprint density at radius 1 is 1.06 bits per heavy atom. The van der Waals surface area contributed by atoms with Crippen molar-refractivity contribution in [2.75, 3.05) is 5.32 Å². The number of nitrogens with two attached hydrogens (primary N) is 1. The molecule has 4 nitrogen and oxygen atoms in total. The summed E-state index contributed by atoms with van der Waals surface area (Å²) in [5, 5.41) is 3.03. The van der Waals surface area contributed by atoms with Crippen LogP contribution in [-0.2, 0) is 0 Å². The minimum absolute atomic E-state index is 0.312. The van der Waals surface area contributed by atoms with E-state index in [1.165, 1.54) is 12.1 Å². The van der Waals surface area contributed by atoms with E-state index in [2.05, 4.69) is 10.7 Å². The predicted molar refractivity (Wildman–Crippen MR) is 67.8 cm³/mol. The molecule has 18 heavy (non-hydrogen) atoms. The van der Waals surface area contributed by atoms with Crippen molar-refractivity contribution in [1.82, 2.24) is 5.43 Å². The van der Waals surface area contributed by atoms with Crippen LogP contribution in [0, 0.1) is 5.82 Å². The van der Waals surface area contributed by atoms with Crippen molar-refractivity contribution in [3.05, 3.63) is 59.9 Å². The van der Waals surface area contributed by atoms with E-state index in [0.29, 0.717) is 16.9 Å². The van der Waals surface area contributed by atoms with Gasteiger partial charge in [0.25, 0.3) is 5.91 Å². The molecule has 2 aromatic rings. The van der Waals surface area contributed by atoms with Crippen molar-refractivity contribution in [3.8, 4) is 0 Å². The van der Waals surface area contributed by atoms with Crippen LogP contribution in [0.1, 0.15) is 10.4 Å². The molecule has 4 N–H and O–H groups in total. The molecule has 0 aliphatic carbocycles. The van der Waals surface area contributed by atoms with E-state index in [9.17, 15) is 9.18 Å². The summed E-state index contributed by atoms with van der Waals surface area (Å²) < 4.78 is 12.8. The number of benzene rings is 2. The normalized spacial score (nSPS) is 9.89. The first kappa shape index (κ1) is 12.1. The monoisotopic (exact) mass is 245 g/mol. The van der Waals surface area contributed by atoms with Crippen LogP contribution in [-0.4, -0.2) is 5.91 Å². The maximum absolute atomic E-state index is 12.8. The lowest BCUT2D eigenvalue weighted by molar-refractivity contribution is 0.0954. The van der Waals surface area contributed by atoms with Crippen LogP contribution in [0.2, 0.25) is 0 Å². The topological polar surface area (TPSA) is 67.1 Å². The molecule has 0 saturated carbocycles. The van der Waals surface area contributed by atoms with Crippen molar-refractivity contribution in [1.29, 1.82) is 0 Å². The van der Waals surface area contributed by atoms with Gasteiger partial charge in [0.2, 0.25) is 0 Å². The van der Waals surface area contributed by atoms with Gasteiger partial charge in [-0.05, 0) is 36.4 Å². The lowest BCUT2D eigenvalue weighted by atomic mass is 10.1. The summed E-state index contributed by atoms with van der Waals surface area (Å²) in [5.41, 5.74) is 3.79. The Kier molecular flexibility index (Phi) is 3.54. The third-order valence-corrected chi connectivity index (χ3v) is 2.43. The Labute approximate surface area is 104 Å². The quantitative estimate of drug-likeness (QED) is 0.441. The lowest BCUT2D eigenvalue weighted by Gasteiger charge is -2.10. The first-order valence-electron chi connectivity index (χ1n) is 5.33. The van der Waals surface area contributed by atoms with E-state index < -0.39 is 0 Å². The smallest absolute Gasteiger partial charge is 0.267 e. The Balaban J connectivity index is 2.28. The van der Waals surface area contributed by atoms with Gasteiger partial charge < -0.3 is 5.32 Å². The van der Waals surface area contributed by atoms with Crippen molar-refractivity contribution in [2.24, 2.45) is 5.84 Å². The molecule has 0 saturated heterocycles. The van der Waals surface area contributed by atoms with Gasteiger partial charge in [0, 0.05) is 5.69 Å². The number of anilines is 2. The fourth-order valence-corrected chi connectivity index (χ4v) is 1.56. The van der Waals surface area contributed by atoms with Crippen molar-refractivity contribution in [2.45, 2.75) is 0 Å². The zero-order valence-electron chi connectivity index (χ0n) is 9.48. The number of nitrogens with one attached hydrogen (secondary N) is 2. The molecule has 0 fully saturated rings. The molecule has 0 unspecified atom stereocenters. The molecule has 0 spiro atoms. The number of halogens is 1. The van der Waals surface area contributed by atoms with Crippen LogP contribution >= 0.6 is 0 Å². The van der Waals surface area contributed by atoms with Crippen molar-refractivity contribution < 1.29 is 9.18 Å². The molecule has 2 rings (SSSR count). The zero-order chi connectivity index (χ0) is 13.0. The summed E-state index contributed by atoms with van der Waals surface area (Å²) in [4.78, 5) is 11.5. The average Bonchev–Trinajstić information content (AvgIpc) is 2.41. The number of rotatable bonds is 3. The van der Waals surface area contributed by atoms with Crippen LogP contribution in [0.4, 0.5) is 15.8 Å². The average molecular weight is 245 g/mol. The second kappa shape index (κ2) is 5.29. The molecule has 0 aromatic heterocycles. The highest BCUT2D eigenvalue weighted by atomic mass is 19.1. The van der Waals surface area contributed by atoms with Gasteiger partial charge in [0.15, 0.2) is 0 Å². The van der Waals surface area contributed by atoms with E-state index in [4.69, 9.17) is 5.84 Å². The summed E-state index contributed by atoms with van der Waals surface area (Å²) in [5.74, 6) is 4.41. The number of carbonyl (C=O) groups is 1. The maximum Gasteiger partial charge on any atom is 0.267 e. The number of para-hydroxylation sites is 1. The Morgan fingerprint density at radius 3 is 2.39 bits per heavy atom. The van der Waals surface area contributed by atoms with E-state index in [1.807, 2.05) is 0 Å². The third-order valence-electron chi connectivity index (χ3n) is 2.43. The molecular formula is C13H12FN3O. The number of hydrazine groups is 1. The number of amides is 1. The highest BCUT2D eigenvalue weighted by molar-refractivity contribution is 5.99. The molecule has 0 heterocycles. The Bertz CT molecular complexity index is 554. The summed E-state index contributed by atoms with van der Waals surface area (Å²) >= 11 is 0. The van der Waals surface area contributed by atoms with Gasteiger partial charge in [-0.3, -0.25) is 10.2 Å². The molecule has 2 aromatic carbocycles. The van der Waals surface area contributed by atoms with Gasteiger partial charge in [0.1, 0.15) is 5.82 Å². The third kappa shape index (κ3) is 2.64. The predicted octanol–water partition coefficient (Wildman–Crippen LogP) is 2.17. The van der Waals surface area contributed by atoms with Crippen LogP contribution in [0.5, 0.6) is 0 Å². The van der Waals surface area contributed by atoms with Crippen LogP contribution in [0.25, 0.3) is 0 Å². The minimum atomic E-state index is -0.389. The standard InChI is InChI=1S/C13H12FN3O/c14-9-5-7-10(8-6-9)16-12-4-2-1-3-11(12)13(18)17-15/h1-8,16H,15H2,(H,17,18). The van der Waals surface area contributed by atoms with Gasteiger partial charge in [-0.1, -0.05) is 12.1 Å². The maximum atomic E-state index is 12.8. The van der Waals surface area contributed by atoms with Crippen LogP contribution in [0.15, 0.2) is 48.5 Å². The molecule has 1 amide bonds. The van der Waals surface area contributed by atoms with E-state index in [0.717, 1.165) is 0 Å².